The van der Waals surface area contributed by atoms with Crippen LogP contribution in [0.5, 0.6) is 5.75 Å². The number of benzene rings is 2. The minimum Gasteiger partial charge on any atom is -0.494 e. The number of aryl methyl sites for hydroxylation is 2. The van der Waals surface area contributed by atoms with Crippen molar-refractivity contribution in [3.63, 3.8) is 0 Å². The monoisotopic (exact) mass is 431 g/mol. The van der Waals surface area contributed by atoms with Gasteiger partial charge in [0.25, 0.3) is 0 Å². The van der Waals surface area contributed by atoms with Gasteiger partial charge in [-0.05, 0) is 57.9 Å². The number of thiophene rings is 1. The molecule has 160 valence electrons. The smallest absolute Gasteiger partial charge is 0.142 e. The SMILES string of the molecule is CCOc1ccc(-c2c(C)sc3nc(C)nc(N(Cc4ccccc4)C(C)C)c23)cc1. The van der Waals surface area contributed by atoms with E-state index in [1.54, 1.807) is 11.3 Å². The fourth-order valence-corrected chi connectivity index (χ4v) is 5.00. The molecule has 2 aromatic heterocycles. The first-order chi connectivity index (χ1) is 15.0. The maximum absolute atomic E-state index is 5.64. The van der Waals surface area contributed by atoms with Crippen LogP contribution in [0.2, 0.25) is 0 Å². The maximum atomic E-state index is 5.64. The number of nitrogens with zero attached hydrogens (tertiary/aromatic N) is 3. The minimum atomic E-state index is 0.297. The average molecular weight is 432 g/mol. The first-order valence-electron chi connectivity index (χ1n) is 10.8. The fourth-order valence-electron chi connectivity index (χ4n) is 3.92. The summed E-state index contributed by atoms with van der Waals surface area (Å²) in [4.78, 5) is 14.4. The molecule has 5 heteroatoms. The second kappa shape index (κ2) is 9.06. The van der Waals surface area contributed by atoms with Crippen molar-refractivity contribution in [2.24, 2.45) is 0 Å². The molecule has 0 N–H and O–H groups in total. The Hall–Kier alpha value is -2.92. The zero-order chi connectivity index (χ0) is 22.0. The molecular weight excluding hydrogens is 402 g/mol. The molecule has 0 unspecified atom stereocenters. The quantitative estimate of drug-likeness (QED) is 0.323. The lowest BCUT2D eigenvalue weighted by atomic mass is 10.0. The zero-order valence-electron chi connectivity index (χ0n) is 18.8. The van der Waals surface area contributed by atoms with E-state index in [0.717, 1.165) is 34.2 Å². The first kappa shape index (κ1) is 21.3. The topological polar surface area (TPSA) is 38.3 Å². The van der Waals surface area contributed by atoms with Crippen LogP contribution in [0.3, 0.4) is 0 Å². The summed E-state index contributed by atoms with van der Waals surface area (Å²) < 4.78 is 5.64. The van der Waals surface area contributed by atoms with E-state index in [1.165, 1.54) is 21.6 Å². The van der Waals surface area contributed by atoms with Crippen molar-refractivity contribution in [1.29, 1.82) is 0 Å². The third kappa shape index (κ3) is 4.42. The summed E-state index contributed by atoms with van der Waals surface area (Å²) in [5, 5.41) is 1.14. The van der Waals surface area contributed by atoms with Gasteiger partial charge < -0.3 is 9.64 Å². The number of aromatic nitrogens is 2. The van der Waals surface area contributed by atoms with E-state index in [4.69, 9.17) is 14.7 Å². The fraction of sp³-hybridized carbons (Fsp3) is 0.308. The second-order valence-electron chi connectivity index (χ2n) is 7.97. The summed E-state index contributed by atoms with van der Waals surface area (Å²) in [5.74, 6) is 2.71. The molecule has 0 saturated carbocycles. The Morgan fingerprint density at radius 3 is 2.32 bits per heavy atom. The summed E-state index contributed by atoms with van der Waals surface area (Å²) in [7, 11) is 0. The van der Waals surface area contributed by atoms with Gasteiger partial charge in [0, 0.05) is 23.0 Å². The standard InChI is InChI=1S/C26H29N3OS/c1-6-30-22-14-12-21(13-15-22)23-18(4)31-26-24(23)25(27-19(5)28-26)29(17(2)3)16-20-10-8-7-9-11-20/h7-15,17H,6,16H2,1-5H3. The molecule has 0 aliphatic rings. The van der Waals surface area contributed by atoms with Gasteiger partial charge in [-0.2, -0.15) is 0 Å². The molecule has 0 atom stereocenters. The number of hydrogen-bond donors (Lipinski definition) is 0. The Morgan fingerprint density at radius 1 is 0.968 bits per heavy atom. The third-order valence-electron chi connectivity index (χ3n) is 5.37. The summed E-state index contributed by atoms with van der Waals surface area (Å²) >= 11 is 1.74. The van der Waals surface area contributed by atoms with E-state index in [0.29, 0.717) is 12.6 Å². The van der Waals surface area contributed by atoms with E-state index in [9.17, 15) is 0 Å². The Labute approximate surface area is 188 Å². The molecule has 0 spiro atoms. The summed E-state index contributed by atoms with van der Waals surface area (Å²) in [6.07, 6.45) is 0. The Bertz CT molecular complexity index is 1170. The molecule has 0 saturated heterocycles. The van der Waals surface area contributed by atoms with Crippen LogP contribution < -0.4 is 9.64 Å². The molecule has 0 bridgehead atoms. The van der Waals surface area contributed by atoms with E-state index < -0.39 is 0 Å². The number of rotatable bonds is 7. The largest absolute Gasteiger partial charge is 0.494 e. The van der Waals surface area contributed by atoms with Gasteiger partial charge in [0.2, 0.25) is 0 Å². The number of ether oxygens (including phenoxy) is 1. The molecule has 2 heterocycles. The lowest BCUT2D eigenvalue weighted by Crippen LogP contribution is -2.31. The van der Waals surface area contributed by atoms with Gasteiger partial charge >= 0.3 is 0 Å². The molecular formula is C26H29N3OS. The van der Waals surface area contributed by atoms with Gasteiger partial charge in [-0.3, -0.25) is 0 Å². The molecule has 0 aliphatic carbocycles. The van der Waals surface area contributed by atoms with Gasteiger partial charge in [-0.15, -0.1) is 11.3 Å². The third-order valence-corrected chi connectivity index (χ3v) is 6.36. The Kier molecular flexibility index (Phi) is 6.23. The van der Waals surface area contributed by atoms with Crippen LogP contribution in [0.1, 0.15) is 37.0 Å². The highest BCUT2D eigenvalue weighted by molar-refractivity contribution is 7.19. The second-order valence-corrected chi connectivity index (χ2v) is 9.18. The highest BCUT2D eigenvalue weighted by Crippen LogP contribution is 2.42. The van der Waals surface area contributed by atoms with E-state index >= 15 is 0 Å². The van der Waals surface area contributed by atoms with E-state index in [2.05, 4.69) is 68.1 Å². The number of hydrogen-bond acceptors (Lipinski definition) is 5. The molecule has 0 fully saturated rings. The van der Waals surface area contributed by atoms with Gasteiger partial charge in [0.1, 0.15) is 22.2 Å². The van der Waals surface area contributed by atoms with Crippen LogP contribution in [0.15, 0.2) is 54.6 Å². The van der Waals surface area contributed by atoms with Crippen molar-refractivity contribution in [2.45, 2.75) is 47.2 Å². The summed E-state index contributed by atoms with van der Waals surface area (Å²) in [5.41, 5.74) is 3.66. The molecule has 31 heavy (non-hydrogen) atoms. The van der Waals surface area contributed by atoms with Gasteiger partial charge in [-0.1, -0.05) is 42.5 Å². The van der Waals surface area contributed by atoms with Crippen molar-refractivity contribution >= 4 is 27.4 Å². The summed E-state index contributed by atoms with van der Waals surface area (Å²) in [6, 6.07) is 19.2. The highest BCUT2D eigenvalue weighted by atomic mass is 32.1. The van der Waals surface area contributed by atoms with Crippen LogP contribution in [-0.2, 0) is 6.54 Å². The van der Waals surface area contributed by atoms with Crippen LogP contribution in [0.25, 0.3) is 21.3 Å². The van der Waals surface area contributed by atoms with Crippen LogP contribution in [0.4, 0.5) is 5.82 Å². The van der Waals surface area contributed by atoms with Gasteiger partial charge in [0.05, 0.1) is 12.0 Å². The molecule has 4 nitrogen and oxygen atoms in total. The van der Waals surface area contributed by atoms with Crippen molar-refractivity contribution in [1.82, 2.24) is 9.97 Å². The molecule has 0 radical (unpaired) electrons. The van der Waals surface area contributed by atoms with Crippen molar-refractivity contribution in [2.75, 3.05) is 11.5 Å². The average Bonchev–Trinajstić information content (AvgIpc) is 3.08. The zero-order valence-corrected chi connectivity index (χ0v) is 19.7. The van der Waals surface area contributed by atoms with Gasteiger partial charge in [0.15, 0.2) is 0 Å². The first-order valence-corrected chi connectivity index (χ1v) is 11.6. The summed E-state index contributed by atoms with van der Waals surface area (Å²) in [6.45, 7) is 12.1. The molecule has 2 aromatic carbocycles. The lowest BCUT2D eigenvalue weighted by Gasteiger charge is -2.29. The Balaban J connectivity index is 1.88. The Morgan fingerprint density at radius 2 is 1.68 bits per heavy atom. The van der Waals surface area contributed by atoms with Crippen molar-refractivity contribution in [3.05, 3.63) is 70.9 Å². The predicted molar refractivity (Wildman–Crippen MR) is 131 cm³/mol. The van der Waals surface area contributed by atoms with Crippen molar-refractivity contribution < 1.29 is 4.74 Å². The predicted octanol–water partition coefficient (Wildman–Crippen LogP) is 6.79. The van der Waals surface area contributed by atoms with E-state index in [1.807, 2.05) is 26.0 Å². The normalized spacial score (nSPS) is 11.3. The molecule has 4 rings (SSSR count). The van der Waals surface area contributed by atoms with Crippen LogP contribution >= 0.6 is 11.3 Å². The van der Waals surface area contributed by atoms with Crippen LogP contribution in [0, 0.1) is 13.8 Å². The minimum absolute atomic E-state index is 0.297. The van der Waals surface area contributed by atoms with E-state index in [-0.39, 0.29) is 0 Å². The number of fused-ring (bicyclic) bond motifs is 1. The molecule has 0 aliphatic heterocycles. The van der Waals surface area contributed by atoms with Crippen LogP contribution in [-0.4, -0.2) is 22.6 Å². The molecule has 0 amide bonds. The highest BCUT2D eigenvalue weighted by Gasteiger charge is 2.23. The van der Waals surface area contributed by atoms with Gasteiger partial charge in [-0.25, -0.2) is 9.97 Å². The number of anilines is 1. The molecule has 4 aromatic rings. The lowest BCUT2D eigenvalue weighted by molar-refractivity contribution is 0.340. The van der Waals surface area contributed by atoms with Crippen molar-refractivity contribution in [3.8, 4) is 16.9 Å². The maximum Gasteiger partial charge on any atom is 0.142 e.